The van der Waals surface area contributed by atoms with E-state index in [1.165, 1.54) is 0 Å². The fourth-order valence-electron chi connectivity index (χ4n) is 2.19. The largest absolute Gasteiger partial charge is 0.425 e. The summed E-state index contributed by atoms with van der Waals surface area (Å²) in [5, 5.41) is 0.960. The first-order chi connectivity index (χ1) is 10.5. The highest BCUT2D eigenvalue weighted by molar-refractivity contribution is 5.86. The van der Waals surface area contributed by atoms with Crippen LogP contribution in [0.1, 0.15) is 18.4 Å². The summed E-state index contributed by atoms with van der Waals surface area (Å²) in [6.45, 7) is 0.537. The molecule has 0 bridgehead atoms. The van der Waals surface area contributed by atoms with Crippen LogP contribution in [0.15, 0.2) is 24.4 Å². The van der Waals surface area contributed by atoms with Gasteiger partial charge < -0.3 is 26.9 Å². The molecule has 0 saturated carbocycles. The lowest BCUT2D eigenvalue weighted by atomic mass is 10.1. The van der Waals surface area contributed by atoms with Gasteiger partial charge in [-0.3, -0.25) is 4.79 Å². The molecule has 0 aliphatic heterocycles. The Labute approximate surface area is 127 Å². The van der Waals surface area contributed by atoms with Gasteiger partial charge in [-0.25, -0.2) is 4.79 Å². The molecular weight excluding hydrogens is 284 g/mol. The molecule has 2 aromatic rings. The maximum Gasteiger partial charge on any atom is 0.328 e. The van der Waals surface area contributed by atoms with E-state index in [9.17, 15) is 9.59 Å². The smallest absolute Gasteiger partial charge is 0.328 e. The van der Waals surface area contributed by atoms with Crippen molar-refractivity contribution >= 4 is 22.8 Å². The number of ether oxygens (including phenoxy) is 1. The van der Waals surface area contributed by atoms with Gasteiger partial charge >= 0.3 is 5.97 Å². The van der Waals surface area contributed by atoms with Crippen LogP contribution in [0.2, 0.25) is 0 Å². The Morgan fingerprint density at radius 3 is 2.77 bits per heavy atom. The number of aromatic nitrogens is 1. The van der Waals surface area contributed by atoms with E-state index in [1.54, 1.807) is 12.1 Å². The molecule has 1 amide bonds. The number of hydrogen-bond acceptors (Lipinski definition) is 5. The molecule has 0 radical (unpaired) electrons. The second-order valence-electron chi connectivity index (χ2n) is 5.09. The summed E-state index contributed by atoms with van der Waals surface area (Å²) in [4.78, 5) is 25.7. The maximum atomic E-state index is 11.9. The van der Waals surface area contributed by atoms with Gasteiger partial charge in [0.05, 0.1) is 0 Å². The fourth-order valence-corrected chi connectivity index (χ4v) is 2.19. The van der Waals surface area contributed by atoms with E-state index in [2.05, 4.69) is 4.98 Å². The van der Waals surface area contributed by atoms with Crippen LogP contribution in [0.3, 0.4) is 0 Å². The van der Waals surface area contributed by atoms with Crippen LogP contribution in [0.4, 0.5) is 0 Å². The van der Waals surface area contributed by atoms with E-state index in [4.69, 9.17) is 21.9 Å². The number of nitrogens with two attached hydrogens (primary N) is 3. The predicted molar refractivity (Wildman–Crippen MR) is 83.1 cm³/mol. The topological polar surface area (TPSA) is 137 Å². The van der Waals surface area contributed by atoms with Gasteiger partial charge in [-0.05, 0) is 43.1 Å². The summed E-state index contributed by atoms with van der Waals surface area (Å²) in [6, 6.07) is 4.41. The van der Waals surface area contributed by atoms with Gasteiger partial charge in [0.1, 0.15) is 11.8 Å². The molecule has 7 heteroatoms. The molecule has 22 heavy (non-hydrogen) atoms. The summed E-state index contributed by atoms with van der Waals surface area (Å²) in [7, 11) is 0. The Morgan fingerprint density at radius 2 is 2.09 bits per heavy atom. The molecule has 0 saturated heterocycles. The zero-order chi connectivity index (χ0) is 16.1. The van der Waals surface area contributed by atoms with Gasteiger partial charge in [-0.15, -0.1) is 0 Å². The third kappa shape index (κ3) is 3.84. The molecule has 0 aliphatic carbocycles. The van der Waals surface area contributed by atoms with Gasteiger partial charge in [0, 0.05) is 23.5 Å². The second-order valence-corrected chi connectivity index (χ2v) is 5.09. The number of carbonyl (C=O) groups is 2. The van der Waals surface area contributed by atoms with Crippen LogP contribution in [-0.4, -0.2) is 29.4 Å². The summed E-state index contributed by atoms with van der Waals surface area (Å²) in [6.07, 6.45) is 2.84. The lowest BCUT2D eigenvalue weighted by molar-refractivity contribution is -0.136. The summed E-state index contributed by atoms with van der Waals surface area (Å²) >= 11 is 0. The Kier molecular flexibility index (Phi) is 5.13. The number of carbonyl (C=O) groups excluding carboxylic acids is 2. The molecule has 1 atom stereocenters. The average molecular weight is 304 g/mol. The number of primary amides is 1. The summed E-state index contributed by atoms with van der Waals surface area (Å²) in [5.74, 6) is -0.676. The van der Waals surface area contributed by atoms with Gasteiger partial charge in [-0.1, -0.05) is 0 Å². The molecule has 7 N–H and O–H groups in total. The van der Waals surface area contributed by atoms with Crippen molar-refractivity contribution in [3.05, 3.63) is 30.0 Å². The maximum absolute atomic E-state index is 11.9. The molecule has 7 nitrogen and oxygen atoms in total. The average Bonchev–Trinajstić information content (AvgIpc) is 2.87. The van der Waals surface area contributed by atoms with E-state index >= 15 is 0 Å². The summed E-state index contributed by atoms with van der Waals surface area (Å²) in [5.41, 5.74) is 18.3. The SMILES string of the molecule is NCCc1c[nH]c2ccc(OC(=O)[C@@H](N)CCC(N)=O)cc12. The number of nitrogens with one attached hydrogen (secondary N) is 1. The number of fused-ring (bicyclic) bond motifs is 1. The second kappa shape index (κ2) is 7.06. The van der Waals surface area contributed by atoms with Crippen molar-refractivity contribution < 1.29 is 14.3 Å². The minimum absolute atomic E-state index is 0.0494. The van der Waals surface area contributed by atoms with Crippen molar-refractivity contribution in [1.82, 2.24) is 4.98 Å². The zero-order valence-corrected chi connectivity index (χ0v) is 12.2. The monoisotopic (exact) mass is 304 g/mol. The number of esters is 1. The van der Waals surface area contributed by atoms with E-state index in [-0.39, 0.29) is 12.8 Å². The van der Waals surface area contributed by atoms with Gasteiger partial charge in [0.2, 0.25) is 5.91 Å². The Morgan fingerprint density at radius 1 is 1.32 bits per heavy atom. The third-order valence-electron chi connectivity index (χ3n) is 3.38. The van der Waals surface area contributed by atoms with Crippen molar-refractivity contribution in [3.63, 3.8) is 0 Å². The molecular formula is C15H20N4O3. The number of aromatic amines is 1. The number of rotatable bonds is 7. The Balaban J connectivity index is 2.08. The number of amides is 1. The first-order valence-electron chi connectivity index (χ1n) is 7.07. The molecule has 2 rings (SSSR count). The van der Waals surface area contributed by atoms with Gasteiger partial charge in [0.25, 0.3) is 0 Å². The molecule has 0 aliphatic rings. The first kappa shape index (κ1) is 16.0. The standard InChI is InChI=1S/C15H20N4O3/c16-6-5-9-8-19-13-3-1-10(7-11(9)13)22-15(21)12(17)2-4-14(18)20/h1,3,7-8,12,19H,2,4-6,16-17H2,(H2,18,20)/t12-/m0/s1. The van der Waals surface area contributed by atoms with Crippen LogP contribution < -0.4 is 21.9 Å². The highest BCUT2D eigenvalue weighted by Gasteiger charge is 2.17. The normalized spacial score (nSPS) is 12.3. The third-order valence-corrected chi connectivity index (χ3v) is 3.38. The Bertz CT molecular complexity index is 680. The molecule has 1 heterocycles. The molecule has 118 valence electrons. The van der Waals surface area contributed by atoms with Gasteiger partial charge in [0.15, 0.2) is 0 Å². The van der Waals surface area contributed by atoms with Crippen molar-refractivity contribution in [2.24, 2.45) is 17.2 Å². The van der Waals surface area contributed by atoms with E-state index < -0.39 is 17.9 Å². The summed E-state index contributed by atoms with van der Waals surface area (Å²) < 4.78 is 5.26. The van der Waals surface area contributed by atoms with Crippen LogP contribution in [0.5, 0.6) is 5.75 Å². The molecule has 1 aromatic heterocycles. The highest BCUT2D eigenvalue weighted by Crippen LogP contribution is 2.24. The van der Waals surface area contributed by atoms with Crippen molar-refractivity contribution in [3.8, 4) is 5.75 Å². The minimum Gasteiger partial charge on any atom is -0.425 e. The lowest BCUT2D eigenvalue weighted by Crippen LogP contribution is -2.35. The molecule has 1 aromatic carbocycles. The number of benzene rings is 1. The predicted octanol–water partition coefficient (Wildman–Crippen LogP) is 0.167. The first-order valence-corrected chi connectivity index (χ1v) is 7.07. The van der Waals surface area contributed by atoms with Crippen molar-refractivity contribution in [2.45, 2.75) is 25.3 Å². The van der Waals surface area contributed by atoms with Crippen LogP contribution in [-0.2, 0) is 16.0 Å². The van der Waals surface area contributed by atoms with E-state index in [0.717, 1.165) is 22.9 Å². The van der Waals surface area contributed by atoms with Gasteiger partial charge in [-0.2, -0.15) is 0 Å². The van der Waals surface area contributed by atoms with Crippen LogP contribution in [0, 0.1) is 0 Å². The Hall–Kier alpha value is -2.38. The van der Waals surface area contributed by atoms with E-state index in [0.29, 0.717) is 12.3 Å². The van der Waals surface area contributed by atoms with Crippen LogP contribution in [0.25, 0.3) is 10.9 Å². The van der Waals surface area contributed by atoms with E-state index in [1.807, 2.05) is 12.3 Å². The minimum atomic E-state index is -0.877. The van der Waals surface area contributed by atoms with Crippen molar-refractivity contribution in [2.75, 3.05) is 6.54 Å². The highest BCUT2D eigenvalue weighted by atomic mass is 16.5. The number of H-pyrrole nitrogens is 1. The number of hydrogen-bond donors (Lipinski definition) is 4. The quantitative estimate of drug-likeness (QED) is 0.427. The van der Waals surface area contributed by atoms with Crippen LogP contribution >= 0.6 is 0 Å². The fraction of sp³-hybridized carbons (Fsp3) is 0.333. The zero-order valence-electron chi connectivity index (χ0n) is 12.2. The molecule has 0 spiro atoms. The molecule has 0 fully saturated rings. The lowest BCUT2D eigenvalue weighted by Gasteiger charge is -2.10. The molecule has 0 unspecified atom stereocenters. The van der Waals surface area contributed by atoms with Crippen molar-refractivity contribution in [1.29, 1.82) is 0 Å².